The van der Waals surface area contributed by atoms with Crippen molar-refractivity contribution in [2.24, 2.45) is 0 Å². The second-order valence-electron chi connectivity index (χ2n) is 5.82. The molecule has 1 amide bonds. The number of nitriles is 1. The first kappa shape index (κ1) is 21.7. The molecule has 0 bridgehead atoms. The van der Waals surface area contributed by atoms with Crippen molar-refractivity contribution in [3.63, 3.8) is 0 Å². The topological polar surface area (TPSA) is 102 Å². The molecule has 0 aromatic heterocycles. The molecule has 0 atom stereocenters. The Kier molecular flexibility index (Phi) is 7.40. The van der Waals surface area contributed by atoms with Gasteiger partial charge in [0.1, 0.15) is 6.07 Å². The molecule has 28 heavy (non-hydrogen) atoms. The summed E-state index contributed by atoms with van der Waals surface area (Å²) in [5, 5.41) is 15.0. The van der Waals surface area contributed by atoms with Crippen LogP contribution in [0.2, 0.25) is 5.02 Å². The lowest BCUT2D eigenvalue weighted by atomic mass is 10.2. The largest absolute Gasteiger partial charge is 0.376 e. The minimum atomic E-state index is -3.58. The van der Waals surface area contributed by atoms with E-state index in [1.807, 2.05) is 6.07 Å². The van der Waals surface area contributed by atoms with E-state index < -0.39 is 15.9 Å². The molecule has 0 heterocycles. The van der Waals surface area contributed by atoms with Gasteiger partial charge in [-0.1, -0.05) is 31.5 Å². The summed E-state index contributed by atoms with van der Waals surface area (Å²) in [4.78, 5) is 12.4. The number of hydrogen-bond donors (Lipinski definition) is 2. The number of anilines is 2. The van der Waals surface area contributed by atoms with Crippen LogP contribution in [0.5, 0.6) is 0 Å². The standard InChI is InChI=1S/C19H21ClN4O3S/c1-3-24(4-2)28(26,27)17-7-5-6-16(11-17)22-13-19(25)23-18-10-15(20)9-8-14(18)12-21/h5-11,22H,3-4,13H2,1-2H3,(H,23,25). The van der Waals surface area contributed by atoms with Crippen molar-refractivity contribution in [3.05, 3.63) is 53.1 Å². The molecule has 0 radical (unpaired) electrons. The summed E-state index contributed by atoms with van der Waals surface area (Å²) in [6.07, 6.45) is 0. The molecular formula is C19H21ClN4O3S. The number of sulfonamides is 1. The first-order valence-electron chi connectivity index (χ1n) is 8.65. The van der Waals surface area contributed by atoms with Gasteiger partial charge in [0, 0.05) is 23.8 Å². The molecule has 7 nitrogen and oxygen atoms in total. The predicted molar refractivity (Wildman–Crippen MR) is 110 cm³/mol. The average molecular weight is 421 g/mol. The van der Waals surface area contributed by atoms with Crippen molar-refractivity contribution in [2.75, 3.05) is 30.3 Å². The van der Waals surface area contributed by atoms with E-state index in [1.165, 1.54) is 28.6 Å². The van der Waals surface area contributed by atoms with Gasteiger partial charge in [-0.05, 0) is 36.4 Å². The fourth-order valence-electron chi connectivity index (χ4n) is 2.57. The number of hydrogen-bond acceptors (Lipinski definition) is 5. The minimum absolute atomic E-state index is 0.105. The Balaban J connectivity index is 2.09. The van der Waals surface area contributed by atoms with Gasteiger partial charge in [0.2, 0.25) is 15.9 Å². The van der Waals surface area contributed by atoms with Gasteiger partial charge in [-0.2, -0.15) is 9.57 Å². The van der Waals surface area contributed by atoms with Crippen LogP contribution in [0.15, 0.2) is 47.4 Å². The zero-order valence-electron chi connectivity index (χ0n) is 15.6. The van der Waals surface area contributed by atoms with Crippen molar-refractivity contribution in [3.8, 4) is 6.07 Å². The summed E-state index contributed by atoms with van der Waals surface area (Å²) in [6, 6.07) is 12.9. The molecule has 0 spiro atoms. The molecule has 0 aliphatic carbocycles. The third kappa shape index (κ3) is 5.23. The zero-order valence-corrected chi connectivity index (χ0v) is 17.1. The first-order chi connectivity index (χ1) is 13.3. The number of carbonyl (C=O) groups is 1. The Bertz CT molecular complexity index is 998. The normalized spacial score (nSPS) is 11.1. The van der Waals surface area contributed by atoms with Crippen LogP contribution in [-0.2, 0) is 14.8 Å². The Labute approximate surface area is 170 Å². The molecule has 0 aliphatic rings. The third-order valence-electron chi connectivity index (χ3n) is 4.01. The molecule has 2 N–H and O–H groups in total. The zero-order chi connectivity index (χ0) is 20.7. The number of amides is 1. The summed E-state index contributed by atoms with van der Waals surface area (Å²) >= 11 is 5.90. The SMILES string of the molecule is CCN(CC)S(=O)(=O)c1cccc(NCC(=O)Nc2cc(Cl)ccc2C#N)c1. The van der Waals surface area contributed by atoms with E-state index in [4.69, 9.17) is 16.9 Å². The van der Waals surface area contributed by atoms with Crippen LogP contribution in [0.4, 0.5) is 11.4 Å². The van der Waals surface area contributed by atoms with E-state index in [2.05, 4.69) is 10.6 Å². The molecule has 2 aromatic carbocycles. The highest BCUT2D eigenvalue weighted by atomic mass is 35.5. The monoisotopic (exact) mass is 420 g/mol. The Morgan fingerprint density at radius 3 is 2.54 bits per heavy atom. The molecular weight excluding hydrogens is 400 g/mol. The van der Waals surface area contributed by atoms with E-state index in [-0.39, 0.29) is 11.4 Å². The van der Waals surface area contributed by atoms with Gasteiger partial charge in [0.15, 0.2) is 0 Å². The number of nitrogens with one attached hydrogen (secondary N) is 2. The number of rotatable bonds is 8. The average Bonchev–Trinajstić information content (AvgIpc) is 2.67. The number of nitrogens with zero attached hydrogens (tertiary/aromatic N) is 2. The number of carbonyl (C=O) groups excluding carboxylic acids is 1. The molecule has 9 heteroatoms. The summed E-state index contributed by atoms with van der Waals surface area (Å²) in [5.41, 5.74) is 1.11. The fraction of sp³-hybridized carbons (Fsp3) is 0.263. The molecule has 0 saturated carbocycles. The van der Waals surface area contributed by atoms with Crippen molar-refractivity contribution in [1.82, 2.24) is 4.31 Å². The molecule has 0 saturated heterocycles. The Hall–Kier alpha value is -2.60. The van der Waals surface area contributed by atoms with Crippen LogP contribution >= 0.6 is 11.6 Å². The molecule has 2 rings (SSSR count). The summed E-state index contributed by atoms with van der Waals surface area (Å²) in [6.45, 7) is 4.20. The number of benzene rings is 2. The second-order valence-corrected chi connectivity index (χ2v) is 8.19. The van der Waals surface area contributed by atoms with Crippen molar-refractivity contribution >= 4 is 38.9 Å². The van der Waals surface area contributed by atoms with Crippen molar-refractivity contribution in [2.45, 2.75) is 18.7 Å². The van der Waals surface area contributed by atoms with Crippen LogP contribution < -0.4 is 10.6 Å². The maximum absolute atomic E-state index is 12.6. The second kappa shape index (κ2) is 9.55. The Morgan fingerprint density at radius 1 is 1.18 bits per heavy atom. The van der Waals surface area contributed by atoms with Gasteiger partial charge in [-0.3, -0.25) is 4.79 Å². The summed E-state index contributed by atoms with van der Waals surface area (Å²) in [7, 11) is -3.58. The quantitative estimate of drug-likeness (QED) is 0.682. The van der Waals surface area contributed by atoms with Gasteiger partial charge in [-0.25, -0.2) is 8.42 Å². The lowest BCUT2D eigenvalue weighted by molar-refractivity contribution is -0.114. The van der Waals surface area contributed by atoms with Crippen LogP contribution in [0, 0.1) is 11.3 Å². The van der Waals surface area contributed by atoms with E-state index in [0.29, 0.717) is 35.1 Å². The highest BCUT2D eigenvalue weighted by Crippen LogP contribution is 2.21. The van der Waals surface area contributed by atoms with E-state index >= 15 is 0 Å². The van der Waals surface area contributed by atoms with E-state index in [1.54, 1.807) is 32.0 Å². The van der Waals surface area contributed by atoms with Gasteiger partial charge >= 0.3 is 0 Å². The molecule has 148 valence electrons. The third-order valence-corrected chi connectivity index (χ3v) is 6.29. The van der Waals surface area contributed by atoms with Gasteiger partial charge in [-0.15, -0.1) is 0 Å². The smallest absolute Gasteiger partial charge is 0.243 e. The lowest BCUT2D eigenvalue weighted by Crippen LogP contribution is -2.30. The maximum atomic E-state index is 12.6. The van der Waals surface area contributed by atoms with Crippen LogP contribution in [0.1, 0.15) is 19.4 Å². The van der Waals surface area contributed by atoms with Crippen LogP contribution in [-0.4, -0.2) is 38.3 Å². The van der Waals surface area contributed by atoms with E-state index in [0.717, 1.165) is 0 Å². The maximum Gasteiger partial charge on any atom is 0.243 e. The van der Waals surface area contributed by atoms with Gasteiger partial charge in [0.05, 0.1) is 22.7 Å². The summed E-state index contributed by atoms with van der Waals surface area (Å²) < 4.78 is 26.6. The van der Waals surface area contributed by atoms with Crippen LogP contribution in [0.25, 0.3) is 0 Å². The molecule has 0 fully saturated rings. The first-order valence-corrected chi connectivity index (χ1v) is 10.5. The van der Waals surface area contributed by atoms with Gasteiger partial charge in [0.25, 0.3) is 0 Å². The molecule has 2 aromatic rings. The summed E-state index contributed by atoms with van der Waals surface area (Å²) in [5.74, 6) is -0.393. The number of halogens is 1. The minimum Gasteiger partial charge on any atom is -0.376 e. The highest BCUT2D eigenvalue weighted by Gasteiger charge is 2.21. The van der Waals surface area contributed by atoms with Crippen LogP contribution in [0.3, 0.4) is 0 Å². The molecule has 0 unspecified atom stereocenters. The van der Waals surface area contributed by atoms with E-state index in [9.17, 15) is 13.2 Å². The fourth-order valence-corrected chi connectivity index (χ4v) is 4.25. The predicted octanol–water partition coefficient (Wildman–Crippen LogP) is 3.29. The van der Waals surface area contributed by atoms with Crippen molar-refractivity contribution in [1.29, 1.82) is 5.26 Å². The van der Waals surface area contributed by atoms with Crippen molar-refractivity contribution < 1.29 is 13.2 Å². The van der Waals surface area contributed by atoms with Gasteiger partial charge < -0.3 is 10.6 Å². The molecule has 0 aliphatic heterocycles. The highest BCUT2D eigenvalue weighted by molar-refractivity contribution is 7.89. The lowest BCUT2D eigenvalue weighted by Gasteiger charge is -2.19. The Morgan fingerprint density at radius 2 is 1.89 bits per heavy atom.